The van der Waals surface area contributed by atoms with Crippen molar-refractivity contribution in [3.8, 4) is 17.1 Å². The zero-order chi connectivity index (χ0) is 19.7. The lowest BCUT2D eigenvalue weighted by Crippen LogP contribution is -2.17. The molecule has 0 spiro atoms. The molecule has 0 saturated carbocycles. The predicted octanol–water partition coefficient (Wildman–Crippen LogP) is 4.92. The fraction of sp³-hybridized carbons (Fsp3) is 0.167. The first-order valence-corrected chi connectivity index (χ1v) is 9.20. The number of hydrogen-bond acceptors (Lipinski definition) is 6. The molecule has 4 rings (SSSR count). The van der Waals surface area contributed by atoms with Gasteiger partial charge in [0.2, 0.25) is 0 Å². The second-order valence-electron chi connectivity index (χ2n) is 6.01. The van der Waals surface area contributed by atoms with E-state index in [1.54, 1.807) is 34.1 Å². The summed E-state index contributed by atoms with van der Waals surface area (Å²) in [6.07, 6.45) is -4.73. The predicted molar refractivity (Wildman–Crippen MR) is 99.3 cm³/mol. The highest BCUT2D eigenvalue weighted by molar-refractivity contribution is 7.08. The largest absolute Gasteiger partial charge is 0.573 e. The maximum atomic E-state index is 12.4. The smallest absolute Gasteiger partial charge is 0.406 e. The molecule has 28 heavy (non-hydrogen) atoms. The average Bonchev–Trinajstić information content (AvgIpc) is 3.29. The van der Waals surface area contributed by atoms with E-state index in [0.29, 0.717) is 22.9 Å². The monoisotopic (exact) mass is 405 g/mol. The van der Waals surface area contributed by atoms with Gasteiger partial charge in [-0.15, -0.1) is 28.5 Å². The molecule has 10 heteroatoms. The summed E-state index contributed by atoms with van der Waals surface area (Å²) in [5.41, 5.74) is 2.14. The van der Waals surface area contributed by atoms with E-state index in [1.165, 1.54) is 18.2 Å². The molecule has 1 unspecified atom stereocenters. The van der Waals surface area contributed by atoms with Crippen LogP contribution >= 0.6 is 11.3 Å². The van der Waals surface area contributed by atoms with Crippen LogP contribution in [0.4, 0.5) is 19.0 Å². The molecule has 4 aromatic rings. The number of aromatic nitrogens is 4. The molecule has 1 aromatic carbocycles. The van der Waals surface area contributed by atoms with Gasteiger partial charge in [0.1, 0.15) is 11.6 Å². The van der Waals surface area contributed by atoms with Crippen LogP contribution in [0, 0.1) is 0 Å². The first-order valence-electron chi connectivity index (χ1n) is 8.26. The molecule has 0 amide bonds. The number of nitrogens with one attached hydrogen (secondary N) is 1. The number of alkyl halides is 3. The molecule has 1 atom stereocenters. The van der Waals surface area contributed by atoms with E-state index < -0.39 is 6.36 Å². The lowest BCUT2D eigenvalue weighted by atomic mass is 10.1. The molecule has 144 valence electrons. The third-order valence-corrected chi connectivity index (χ3v) is 4.68. The number of anilines is 1. The normalized spacial score (nSPS) is 12.9. The van der Waals surface area contributed by atoms with Gasteiger partial charge in [-0.3, -0.25) is 0 Å². The number of ether oxygens (including phenoxy) is 1. The van der Waals surface area contributed by atoms with Gasteiger partial charge in [-0.1, -0.05) is 12.1 Å². The van der Waals surface area contributed by atoms with Gasteiger partial charge < -0.3 is 10.1 Å². The quantitative estimate of drug-likeness (QED) is 0.510. The molecule has 0 fully saturated rings. The van der Waals surface area contributed by atoms with Crippen molar-refractivity contribution in [3.05, 3.63) is 58.8 Å². The lowest BCUT2D eigenvalue weighted by molar-refractivity contribution is -0.274. The van der Waals surface area contributed by atoms with Crippen LogP contribution in [0.25, 0.3) is 17.0 Å². The van der Waals surface area contributed by atoms with E-state index in [-0.39, 0.29) is 11.8 Å². The SMILES string of the molecule is CC(Nc1ccc2nnc(-c3ccsc3)n2n1)c1cccc(OC(F)(F)F)c1. The molecule has 1 N–H and O–H groups in total. The highest BCUT2D eigenvalue weighted by Crippen LogP contribution is 2.27. The summed E-state index contributed by atoms with van der Waals surface area (Å²) in [7, 11) is 0. The molecule has 0 aliphatic carbocycles. The number of fused-ring (bicyclic) bond motifs is 1. The van der Waals surface area contributed by atoms with Crippen molar-refractivity contribution in [1.29, 1.82) is 0 Å². The van der Waals surface area contributed by atoms with Crippen molar-refractivity contribution in [2.24, 2.45) is 0 Å². The summed E-state index contributed by atoms with van der Waals surface area (Å²) in [5, 5.41) is 19.9. The van der Waals surface area contributed by atoms with Gasteiger partial charge in [0.15, 0.2) is 11.5 Å². The van der Waals surface area contributed by atoms with Crippen LogP contribution in [0.15, 0.2) is 53.2 Å². The van der Waals surface area contributed by atoms with Gasteiger partial charge in [-0.2, -0.15) is 15.9 Å². The van der Waals surface area contributed by atoms with Gasteiger partial charge in [-0.25, -0.2) is 0 Å². The van der Waals surface area contributed by atoms with Gasteiger partial charge >= 0.3 is 6.36 Å². The lowest BCUT2D eigenvalue weighted by Gasteiger charge is -2.16. The maximum Gasteiger partial charge on any atom is 0.573 e. The number of halogens is 3. The maximum absolute atomic E-state index is 12.4. The van der Waals surface area contributed by atoms with E-state index in [1.807, 2.05) is 23.8 Å². The van der Waals surface area contributed by atoms with Crippen LogP contribution in [0.1, 0.15) is 18.5 Å². The summed E-state index contributed by atoms with van der Waals surface area (Å²) in [4.78, 5) is 0. The third kappa shape index (κ3) is 3.91. The Balaban J connectivity index is 1.58. The minimum absolute atomic E-state index is 0.263. The molecule has 3 heterocycles. The second-order valence-corrected chi connectivity index (χ2v) is 6.79. The summed E-state index contributed by atoms with van der Waals surface area (Å²) < 4.78 is 42.9. The number of thiophene rings is 1. The second kappa shape index (κ2) is 7.12. The van der Waals surface area contributed by atoms with Gasteiger partial charge in [0, 0.05) is 10.9 Å². The van der Waals surface area contributed by atoms with Crippen LogP contribution in [-0.4, -0.2) is 26.2 Å². The third-order valence-electron chi connectivity index (χ3n) is 4.00. The van der Waals surface area contributed by atoms with Gasteiger partial charge in [0.05, 0.1) is 6.04 Å². The molecule has 0 saturated heterocycles. The van der Waals surface area contributed by atoms with Crippen molar-refractivity contribution < 1.29 is 17.9 Å². The Morgan fingerprint density at radius 1 is 1.14 bits per heavy atom. The fourth-order valence-corrected chi connectivity index (χ4v) is 3.36. The Morgan fingerprint density at radius 3 is 2.75 bits per heavy atom. The average molecular weight is 405 g/mol. The van der Waals surface area contributed by atoms with Crippen molar-refractivity contribution in [2.75, 3.05) is 5.32 Å². The fourth-order valence-electron chi connectivity index (χ4n) is 2.72. The van der Waals surface area contributed by atoms with Crippen LogP contribution < -0.4 is 10.1 Å². The van der Waals surface area contributed by atoms with Crippen molar-refractivity contribution in [3.63, 3.8) is 0 Å². The van der Waals surface area contributed by atoms with Gasteiger partial charge in [0.25, 0.3) is 0 Å². The zero-order valence-corrected chi connectivity index (χ0v) is 15.3. The molecule has 0 aliphatic rings. The minimum atomic E-state index is -4.73. The number of benzene rings is 1. The molecule has 0 bridgehead atoms. The highest BCUT2D eigenvalue weighted by atomic mass is 32.1. The van der Waals surface area contributed by atoms with Crippen molar-refractivity contribution in [2.45, 2.75) is 19.3 Å². The highest BCUT2D eigenvalue weighted by Gasteiger charge is 2.31. The standard InChI is InChI=1S/C18H14F3N5OS/c1-11(12-3-2-4-14(9-12)27-18(19,20)21)22-15-5-6-16-23-24-17(26(16)25-15)13-7-8-28-10-13/h2-11H,1H3,(H,22,25). The van der Waals surface area contributed by atoms with E-state index in [4.69, 9.17) is 0 Å². The van der Waals surface area contributed by atoms with Crippen molar-refractivity contribution in [1.82, 2.24) is 19.8 Å². The van der Waals surface area contributed by atoms with E-state index in [9.17, 15) is 13.2 Å². The number of nitrogens with zero attached hydrogens (tertiary/aromatic N) is 4. The van der Waals surface area contributed by atoms with Crippen LogP contribution in [0.3, 0.4) is 0 Å². The number of hydrogen-bond donors (Lipinski definition) is 1. The Morgan fingerprint density at radius 2 is 2.00 bits per heavy atom. The van der Waals surface area contributed by atoms with Crippen molar-refractivity contribution >= 4 is 22.8 Å². The molecule has 6 nitrogen and oxygen atoms in total. The Kier molecular flexibility index (Phi) is 4.63. The first kappa shape index (κ1) is 18.2. The molecule has 3 aromatic heterocycles. The summed E-state index contributed by atoms with van der Waals surface area (Å²) in [5.74, 6) is 0.896. The van der Waals surface area contributed by atoms with Crippen LogP contribution in [0.2, 0.25) is 0 Å². The van der Waals surface area contributed by atoms with E-state index in [2.05, 4.69) is 25.3 Å². The molecular weight excluding hydrogens is 391 g/mol. The summed E-state index contributed by atoms with van der Waals surface area (Å²) in [6.45, 7) is 1.82. The zero-order valence-electron chi connectivity index (χ0n) is 14.5. The van der Waals surface area contributed by atoms with E-state index in [0.717, 1.165) is 5.56 Å². The first-order chi connectivity index (χ1) is 13.4. The summed E-state index contributed by atoms with van der Waals surface area (Å²) >= 11 is 1.55. The number of rotatable bonds is 5. The molecular formula is C18H14F3N5OS. The summed E-state index contributed by atoms with van der Waals surface area (Å²) in [6, 6.07) is 11.0. The van der Waals surface area contributed by atoms with Gasteiger partial charge in [-0.05, 0) is 48.2 Å². The molecule has 0 radical (unpaired) electrons. The van der Waals surface area contributed by atoms with Crippen LogP contribution in [0.5, 0.6) is 5.75 Å². The Labute approximate surface area is 161 Å². The minimum Gasteiger partial charge on any atom is -0.406 e. The topological polar surface area (TPSA) is 64.3 Å². The van der Waals surface area contributed by atoms with E-state index >= 15 is 0 Å². The Bertz CT molecular complexity index is 1090. The molecule has 0 aliphatic heterocycles. The van der Waals surface area contributed by atoms with Crippen LogP contribution in [-0.2, 0) is 0 Å². The Hall–Kier alpha value is -3.14.